The van der Waals surface area contributed by atoms with Gasteiger partial charge in [-0.3, -0.25) is 14.4 Å². The number of aryl methyl sites for hydroxylation is 1. The van der Waals surface area contributed by atoms with Crippen LogP contribution in [-0.4, -0.2) is 54.0 Å². The number of fused-ring (bicyclic) bond motifs is 1. The van der Waals surface area contributed by atoms with E-state index in [9.17, 15) is 14.4 Å². The van der Waals surface area contributed by atoms with Gasteiger partial charge in [-0.15, -0.1) is 0 Å². The molecule has 1 aliphatic rings. The molecule has 5 rings (SSSR count). The fourth-order valence-corrected chi connectivity index (χ4v) is 4.94. The number of carbonyl (C=O) groups excluding carboxylic acids is 2. The van der Waals surface area contributed by atoms with E-state index < -0.39 is 0 Å². The predicted octanol–water partition coefficient (Wildman–Crippen LogP) is 4.72. The van der Waals surface area contributed by atoms with Crippen LogP contribution in [0, 0.1) is 6.92 Å². The number of para-hydroxylation sites is 1. The monoisotopic (exact) mass is 554 g/mol. The Morgan fingerprint density at radius 2 is 1.68 bits per heavy atom. The maximum atomic E-state index is 13.9. The first-order valence-electron chi connectivity index (χ1n) is 13.9. The van der Waals surface area contributed by atoms with Crippen LogP contribution >= 0.6 is 0 Å². The quantitative estimate of drug-likeness (QED) is 0.267. The van der Waals surface area contributed by atoms with Gasteiger partial charge in [-0.05, 0) is 49.6 Å². The van der Waals surface area contributed by atoms with Crippen molar-refractivity contribution in [2.45, 2.75) is 39.0 Å². The first kappa shape index (κ1) is 28.1. The van der Waals surface area contributed by atoms with Crippen LogP contribution in [0.1, 0.15) is 29.5 Å². The highest BCUT2D eigenvalue weighted by Gasteiger charge is 2.27. The highest BCUT2D eigenvalue weighted by atomic mass is 16.5. The molecule has 0 bridgehead atoms. The van der Waals surface area contributed by atoms with Crippen LogP contribution in [0.15, 0.2) is 94.3 Å². The maximum absolute atomic E-state index is 13.9. The van der Waals surface area contributed by atoms with Gasteiger partial charge in [-0.1, -0.05) is 60.2 Å². The van der Waals surface area contributed by atoms with Crippen LogP contribution in [-0.2, 0) is 27.4 Å². The lowest BCUT2D eigenvalue weighted by Crippen LogP contribution is -2.47. The van der Waals surface area contributed by atoms with Crippen LogP contribution in [0.25, 0.3) is 11.0 Å². The van der Waals surface area contributed by atoms with Gasteiger partial charge in [0.15, 0.2) is 12.0 Å². The minimum atomic E-state index is -0.307. The van der Waals surface area contributed by atoms with E-state index >= 15 is 0 Å². The third-order valence-electron chi connectivity index (χ3n) is 7.16. The Hall–Kier alpha value is -4.43. The first-order valence-corrected chi connectivity index (χ1v) is 13.9. The summed E-state index contributed by atoms with van der Waals surface area (Å²) in [4.78, 5) is 43.7. The summed E-state index contributed by atoms with van der Waals surface area (Å²) in [7, 11) is 0. The van der Waals surface area contributed by atoms with Crippen molar-refractivity contribution >= 4 is 22.8 Å². The average molecular weight is 555 g/mol. The van der Waals surface area contributed by atoms with Gasteiger partial charge in [0.05, 0.1) is 36.4 Å². The first-order chi connectivity index (χ1) is 20.0. The molecule has 1 aliphatic heterocycles. The fourth-order valence-electron chi connectivity index (χ4n) is 4.94. The third kappa shape index (κ3) is 7.41. The molecule has 1 saturated heterocycles. The minimum absolute atomic E-state index is 0.0441. The Morgan fingerprint density at radius 1 is 0.927 bits per heavy atom. The standard InChI is InChI=1S/C33H34N2O6/c1-24-14-15-30-29(17-24)33(38)26(22-41-30)19-34(18-25-9-4-2-5-10-25)31(36)21-35(20-28-13-8-16-39-28)32(37)23-40-27-11-6-3-7-12-27/h2-7,9-12,14-15,17,22,28H,8,13,16,18-21,23H2,1H3. The van der Waals surface area contributed by atoms with Crippen LogP contribution < -0.4 is 10.2 Å². The Balaban J connectivity index is 1.38. The Bertz CT molecular complexity index is 1530. The highest BCUT2D eigenvalue weighted by Crippen LogP contribution is 2.18. The lowest BCUT2D eigenvalue weighted by atomic mass is 10.1. The van der Waals surface area contributed by atoms with Crippen molar-refractivity contribution in [2.75, 3.05) is 26.3 Å². The second-order valence-electron chi connectivity index (χ2n) is 10.3. The zero-order valence-electron chi connectivity index (χ0n) is 23.2. The molecule has 212 valence electrons. The van der Waals surface area contributed by atoms with Gasteiger partial charge in [0.25, 0.3) is 5.91 Å². The van der Waals surface area contributed by atoms with E-state index in [4.69, 9.17) is 13.9 Å². The van der Waals surface area contributed by atoms with Crippen molar-refractivity contribution < 1.29 is 23.5 Å². The van der Waals surface area contributed by atoms with Crippen LogP contribution in [0.2, 0.25) is 0 Å². The molecule has 2 heterocycles. The Kier molecular flexibility index (Phi) is 9.11. The molecule has 3 aromatic carbocycles. The molecular formula is C33H34N2O6. The molecule has 8 nitrogen and oxygen atoms in total. The number of benzene rings is 3. The molecular weight excluding hydrogens is 520 g/mol. The lowest BCUT2D eigenvalue weighted by molar-refractivity contribution is -0.143. The molecule has 1 atom stereocenters. The van der Waals surface area contributed by atoms with Crippen molar-refractivity contribution in [1.82, 2.24) is 9.80 Å². The molecule has 41 heavy (non-hydrogen) atoms. The molecule has 4 aromatic rings. The summed E-state index contributed by atoms with van der Waals surface area (Å²) in [5.74, 6) is -0.0186. The Labute approximate surface area is 239 Å². The number of ether oxygens (including phenoxy) is 2. The van der Waals surface area contributed by atoms with Crippen molar-refractivity contribution in [2.24, 2.45) is 0 Å². The summed E-state index contributed by atoms with van der Waals surface area (Å²) in [6.07, 6.45) is 3.03. The molecule has 8 heteroatoms. The number of carbonyl (C=O) groups is 2. The zero-order valence-corrected chi connectivity index (χ0v) is 23.2. The topological polar surface area (TPSA) is 89.3 Å². The van der Waals surface area contributed by atoms with Crippen molar-refractivity contribution in [1.29, 1.82) is 0 Å². The number of amides is 2. The average Bonchev–Trinajstić information content (AvgIpc) is 3.51. The van der Waals surface area contributed by atoms with Crippen LogP contribution in [0.3, 0.4) is 0 Å². The molecule has 0 N–H and O–H groups in total. The second-order valence-corrected chi connectivity index (χ2v) is 10.3. The fraction of sp³-hybridized carbons (Fsp3) is 0.303. The summed E-state index contributed by atoms with van der Waals surface area (Å²) >= 11 is 0. The molecule has 2 amide bonds. The number of rotatable bonds is 11. The highest BCUT2D eigenvalue weighted by molar-refractivity contribution is 5.86. The van der Waals surface area contributed by atoms with Gasteiger partial charge in [-0.25, -0.2) is 0 Å². The van der Waals surface area contributed by atoms with Gasteiger partial charge < -0.3 is 23.7 Å². The van der Waals surface area contributed by atoms with Crippen LogP contribution in [0.4, 0.5) is 0 Å². The van der Waals surface area contributed by atoms with Crippen molar-refractivity contribution in [3.8, 4) is 5.75 Å². The smallest absolute Gasteiger partial charge is 0.261 e. The molecule has 1 aromatic heterocycles. The molecule has 1 fully saturated rings. The van der Waals surface area contributed by atoms with E-state index in [1.54, 1.807) is 29.2 Å². The third-order valence-corrected chi connectivity index (χ3v) is 7.16. The number of nitrogens with zero attached hydrogens (tertiary/aromatic N) is 2. The predicted molar refractivity (Wildman–Crippen MR) is 155 cm³/mol. The zero-order chi connectivity index (χ0) is 28.6. The molecule has 0 aliphatic carbocycles. The maximum Gasteiger partial charge on any atom is 0.261 e. The summed E-state index contributed by atoms with van der Waals surface area (Å²) < 4.78 is 17.2. The van der Waals surface area contributed by atoms with Gasteiger partial charge in [-0.2, -0.15) is 0 Å². The molecule has 0 radical (unpaired) electrons. The summed E-state index contributed by atoms with van der Waals surface area (Å²) in [6.45, 7) is 2.80. The van der Waals surface area contributed by atoms with E-state index in [2.05, 4.69) is 0 Å². The molecule has 1 unspecified atom stereocenters. The van der Waals surface area contributed by atoms with Gasteiger partial charge in [0.1, 0.15) is 11.3 Å². The molecule has 0 spiro atoms. The summed E-state index contributed by atoms with van der Waals surface area (Å²) in [5.41, 5.74) is 2.55. The normalized spacial score (nSPS) is 14.6. The largest absolute Gasteiger partial charge is 0.484 e. The molecule has 0 saturated carbocycles. The van der Waals surface area contributed by atoms with Crippen LogP contribution in [0.5, 0.6) is 5.75 Å². The number of hydrogen-bond donors (Lipinski definition) is 0. The van der Waals surface area contributed by atoms with Gasteiger partial charge >= 0.3 is 0 Å². The summed E-state index contributed by atoms with van der Waals surface area (Å²) in [5, 5.41) is 0.475. The van der Waals surface area contributed by atoms with Crippen molar-refractivity contribution in [3.63, 3.8) is 0 Å². The second kappa shape index (κ2) is 13.3. The van der Waals surface area contributed by atoms with Crippen molar-refractivity contribution in [3.05, 3.63) is 112 Å². The summed E-state index contributed by atoms with van der Waals surface area (Å²) in [6, 6.07) is 24.1. The Morgan fingerprint density at radius 3 is 2.41 bits per heavy atom. The van der Waals surface area contributed by atoms with E-state index in [-0.39, 0.29) is 49.6 Å². The minimum Gasteiger partial charge on any atom is -0.484 e. The van der Waals surface area contributed by atoms with E-state index in [1.165, 1.54) is 11.2 Å². The lowest BCUT2D eigenvalue weighted by Gasteiger charge is -2.29. The van der Waals surface area contributed by atoms with E-state index in [1.807, 2.05) is 61.5 Å². The SMILES string of the molecule is Cc1ccc2occ(CN(Cc3ccccc3)C(=O)CN(CC3CCCO3)C(=O)COc3ccccc3)c(=O)c2c1. The van der Waals surface area contributed by atoms with Gasteiger partial charge in [0, 0.05) is 19.7 Å². The van der Waals surface area contributed by atoms with Gasteiger partial charge in [0.2, 0.25) is 5.91 Å². The number of hydrogen-bond acceptors (Lipinski definition) is 6. The van der Waals surface area contributed by atoms with E-state index in [0.29, 0.717) is 35.4 Å². The van der Waals surface area contributed by atoms with E-state index in [0.717, 1.165) is 24.0 Å².